The second kappa shape index (κ2) is 15.5. The fourth-order valence-electron chi connectivity index (χ4n) is 6.93. The van der Waals surface area contributed by atoms with Gasteiger partial charge in [-0.15, -0.1) is 10.2 Å². The average molecular weight is 665 g/mol. The van der Waals surface area contributed by atoms with Gasteiger partial charge in [-0.1, -0.05) is 24.3 Å². The number of aromatic nitrogens is 5. The minimum Gasteiger partial charge on any atom is -0.368 e. The van der Waals surface area contributed by atoms with E-state index >= 15 is 0 Å². The molecule has 1 aliphatic heterocycles. The van der Waals surface area contributed by atoms with E-state index in [-0.39, 0.29) is 30.2 Å². The Kier molecular flexibility index (Phi) is 10.7. The lowest BCUT2D eigenvalue weighted by atomic mass is 9.81. The lowest BCUT2D eigenvalue weighted by Crippen LogP contribution is -2.52. The molecule has 2 aromatic heterocycles. The molecule has 49 heavy (non-hydrogen) atoms. The van der Waals surface area contributed by atoms with Crippen LogP contribution in [0.5, 0.6) is 0 Å². The summed E-state index contributed by atoms with van der Waals surface area (Å²) in [5.74, 6) is -0.266. The number of rotatable bonds is 11. The van der Waals surface area contributed by atoms with Gasteiger partial charge in [0.2, 0.25) is 17.6 Å². The molecule has 0 spiro atoms. The Morgan fingerprint density at radius 3 is 2.27 bits per heavy atom. The van der Waals surface area contributed by atoms with Gasteiger partial charge in [0.15, 0.2) is 0 Å². The zero-order chi connectivity index (χ0) is 34.3. The van der Waals surface area contributed by atoms with Crippen molar-refractivity contribution in [2.45, 2.75) is 64.0 Å². The third kappa shape index (κ3) is 8.01. The third-order valence-electron chi connectivity index (χ3n) is 9.87. The molecule has 6 rings (SSSR count). The lowest BCUT2D eigenvalue weighted by molar-refractivity contribution is -0.127. The maximum absolute atomic E-state index is 14.2. The van der Waals surface area contributed by atoms with Crippen LogP contribution >= 0.6 is 0 Å². The van der Waals surface area contributed by atoms with Crippen LogP contribution in [0.1, 0.15) is 60.1 Å². The summed E-state index contributed by atoms with van der Waals surface area (Å²) in [4.78, 5) is 46.3. The third-order valence-corrected chi connectivity index (χ3v) is 9.87. The van der Waals surface area contributed by atoms with Gasteiger partial charge in [-0.05, 0) is 123 Å². The maximum atomic E-state index is 14.2. The van der Waals surface area contributed by atoms with E-state index in [0.717, 1.165) is 66.6 Å². The summed E-state index contributed by atoms with van der Waals surface area (Å²) in [6.07, 6.45) is 6.94. The molecule has 4 aromatic rings. The standard InChI is InChI=1S/C36H44N10O3/c1-22-18-31(35(48)41-28-14-16-39-17-15-28)40-21-30(22)25-6-2-23(3-7-25)19-32(33(38)47)46(36(49)27-8-4-24(20-37)5-9-27)29-12-10-26(11-13-29)34-42-44-45-43-34/h2-3,6-7,10-13,18,21,24,27-28,32,39H,4-5,8-9,14-17,19-20,37H2,1H3,(H2,38,47)(H,41,48)(H,42,43,44,45)/t24?,27?,32-/m0/s1. The molecule has 1 saturated carbocycles. The summed E-state index contributed by atoms with van der Waals surface area (Å²) in [5.41, 5.74) is 17.3. The highest BCUT2D eigenvalue weighted by molar-refractivity contribution is 6.02. The molecular formula is C36H44N10O3. The second-order valence-electron chi connectivity index (χ2n) is 13.1. The van der Waals surface area contributed by atoms with E-state index in [2.05, 4.69) is 36.2 Å². The van der Waals surface area contributed by atoms with Gasteiger partial charge >= 0.3 is 0 Å². The van der Waals surface area contributed by atoms with E-state index in [1.54, 1.807) is 35.4 Å². The largest absolute Gasteiger partial charge is 0.368 e. The number of carbonyl (C=O) groups is 3. The number of anilines is 1. The summed E-state index contributed by atoms with van der Waals surface area (Å²) in [6.45, 7) is 4.36. The van der Waals surface area contributed by atoms with E-state index in [1.165, 1.54) is 0 Å². The number of nitrogens with zero attached hydrogens (tertiary/aromatic N) is 5. The fourth-order valence-corrected chi connectivity index (χ4v) is 6.93. The Morgan fingerprint density at radius 1 is 0.959 bits per heavy atom. The van der Waals surface area contributed by atoms with E-state index in [9.17, 15) is 14.4 Å². The van der Waals surface area contributed by atoms with Crippen LogP contribution < -0.4 is 27.0 Å². The van der Waals surface area contributed by atoms with Gasteiger partial charge in [-0.25, -0.2) is 0 Å². The number of amides is 3. The van der Waals surface area contributed by atoms with Gasteiger partial charge in [0, 0.05) is 41.4 Å². The normalized spacial score (nSPS) is 18.8. The quantitative estimate of drug-likeness (QED) is 0.160. The van der Waals surface area contributed by atoms with E-state index < -0.39 is 11.9 Å². The summed E-state index contributed by atoms with van der Waals surface area (Å²) in [7, 11) is 0. The Labute approximate surface area is 285 Å². The van der Waals surface area contributed by atoms with Crippen LogP contribution in [0.25, 0.3) is 22.5 Å². The van der Waals surface area contributed by atoms with Crippen molar-refractivity contribution in [1.29, 1.82) is 0 Å². The number of aromatic amines is 1. The second-order valence-corrected chi connectivity index (χ2v) is 13.1. The first-order valence-electron chi connectivity index (χ1n) is 17.0. The molecule has 0 unspecified atom stereocenters. The number of H-pyrrole nitrogens is 1. The molecule has 1 atom stereocenters. The highest BCUT2D eigenvalue weighted by atomic mass is 16.2. The smallest absolute Gasteiger partial charge is 0.270 e. The van der Waals surface area contributed by atoms with E-state index in [1.807, 2.05) is 37.3 Å². The van der Waals surface area contributed by atoms with Crippen molar-refractivity contribution in [3.63, 3.8) is 0 Å². The Hall–Kier alpha value is -5.01. The number of piperidine rings is 1. The summed E-state index contributed by atoms with van der Waals surface area (Å²) >= 11 is 0. The van der Waals surface area contributed by atoms with Crippen LogP contribution in [0.4, 0.5) is 5.69 Å². The number of primary amides is 1. The lowest BCUT2D eigenvalue weighted by Gasteiger charge is -2.35. The van der Waals surface area contributed by atoms with Gasteiger partial charge in [-0.2, -0.15) is 5.21 Å². The Balaban J connectivity index is 1.21. The Bertz CT molecular complexity index is 1730. The molecule has 2 aliphatic rings. The monoisotopic (exact) mass is 664 g/mol. The van der Waals surface area contributed by atoms with Crippen molar-refractivity contribution in [3.05, 3.63) is 77.6 Å². The number of hydrogen-bond donors (Lipinski definition) is 5. The zero-order valence-corrected chi connectivity index (χ0v) is 27.8. The first kappa shape index (κ1) is 33.9. The topological polar surface area (TPSA) is 198 Å². The molecule has 0 bridgehead atoms. The number of aryl methyl sites for hydroxylation is 1. The molecule has 2 aromatic carbocycles. The van der Waals surface area contributed by atoms with Gasteiger partial charge < -0.3 is 22.1 Å². The molecule has 2 fully saturated rings. The van der Waals surface area contributed by atoms with Crippen LogP contribution in [0, 0.1) is 18.8 Å². The predicted molar refractivity (Wildman–Crippen MR) is 186 cm³/mol. The minimum atomic E-state index is -0.914. The summed E-state index contributed by atoms with van der Waals surface area (Å²) in [6, 6.07) is 16.1. The van der Waals surface area contributed by atoms with Crippen molar-refractivity contribution in [1.82, 2.24) is 36.2 Å². The molecule has 0 radical (unpaired) electrons. The number of tetrazole rings is 1. The molecule has 7 N–H and O–H groups in total. The summed E-state index contributed by atoms with van der Waals surface area (Å²) < 4.78 is 0. The average Bonchev–Trinajstić information content (AvgIpc) is 3.68. The summed E-state index contributed by atoms with van der Waals surface area (Å²) in [5, 5.41) is 20.5. The van der Waals surface area contributed by atoms with Gasteiger partial charge in [0.05, 0.1) is 0 Å². The Morgan fingerprint density at radius 2 is 1.65 bits per heavy atom. The maximum Gasteiger partial charge on any atom is 0.270 e. The van der Waals surface area contributed by atoms with Crippen LogP contribution in [0.2, 0.25) is 0 Å². The van der Waals surface area contributed by atoms with Crippen molar-refractivity contribution in [2.24, 2.45) is 23.3 Å². The molecule has 3 heterocycles. The van der Waals surface area contributed by atoms with Crippen molar-refractivity contribution in [2.75, 3.05) is 24.5 Å². The SMILES string of the molecule is Cc1cc(C(=O)NC2CCNCC2)ncc1-c1ccc(C[C@@H](C(N)=O)N(C(=O)C2CCC(CN)CC2)c2ccc(-c3nn[nH]n3)cc2)cc1. The molecule has 256 valence electrons. The van der Waals surface area contributed by atoms with Crippen molar-refractivity contribution < 1.29 is 14.4 Å². The van der Waals surface area contributed by atoms with Crippen LogP contribution in [0.15, 0.2) is 60.8 Å². The van der Waals surface area contributed by atoms with Gasteiger partial charge in [-0.3, -0.25) is 24.3 Å². The molecule has 1 saturated heterocycles. The first-order valence-corrected chi connectivity index (χ1v) is 17.0. The van der Waals surface area contributed by atoms with Crippen molar-refractivity contribution in [3.8, 4) is 22.5 Å². The highest BCUT2D eigenvalue weighted by Crippen LogP contribution is 2.33. The number of carbonyl (C=O) groups excluding carboxylic acids is 3. The van der Waals surface area contributed by atoms with Gasteiger partial charge in [0.25, 0.3) is 5.91 Å². The number of hydrogen-bond acceptors (Lipinski definition) is 9. The molecule has 1 aliphatic carbocycles. The number of nitrogens with one attached hydrogen (secondary N) is 3. The van der Waals surface area contributed by atoms with Crippen LogP contribution in [0.3, 0.4) is 0 Å². The molecular weight excluding hydrogens is 620 g/mol. The van der Waals surface area contributed by atoms with Gasteiger partial charge in [0.1, 0.15) is 11.7 Å². The highest BCUT2D eigenvalue weighted by Gasteiger charge is 2.36. The molecule has 13 nitrogen and oxygen atoms in total. The molecule has 13 heteroatoms. The molecule has 3 amide bonds. The van der Waals surface area contributed by atoms with E-state index in [4.69, 9.17) is 11.5 Å². The fraction of sp³-hybridized carbons (Fsp3) is 0.417. The van der Waals surface area contributed by atoms with E-state index in [0.29, 0.717) is 42.5 Å². The van der Waals surface area contributed by atoms with Crippen LogP contribution in [-0.2, 0) is 16.0 Å². The number of pyridine rings is 1. The van der Waals surface area contributed by atoms with Crippen LogP contribution in [-0.4, -0.2) is 75.0 Å². The number of benzene rings is 2. The number of nitrogens with two attached hydrogens (primary N) is 2. The zero-order valence-electron chi connectivity index (χ0n) is 27.8. The van der Waals surface area contributed by atoms with Crippen molar-refractivity contribution >= 4 is 23.4 Å². The first-order chi connectivity index (χ1) is 23.8. The minimum absolute atomic E-state index is 0.116. The predicted octanol–water partition coefficient (Wildman–Crippen LogP) is 2.91.